The molecule has 2 heteroatoms. The minimum atomic E-state index is -0.105. The molecule has 1 aliphatic heterocycles. The first-order chi connectivity index (χ1) is 4.83. The lowest BCUT2D eigenvalue weighted by molar-refractivity contribution is 0.125. The van der Waals surface area contributed by atoms with Crippen LogP contribution in [0.5, 0.6) is 0 Å². The third kappa shape index (κ3) is 2.27. The summed E-state index contributed by atoms with van der Waals surface area (Å²) in [7, 11) is 0. The summed E-state index contributed by atoms with van der Waals surface area (Å²) in [6, 6.07) is 0. The van der Waals surface area contributed by atoms with Crippen molar-refractivity contribution in [1.82, 2.24) is 0 Å². The van der Waals surface area contributed by atoms with Gasteiger partial charge in [-0.15, -0.1) is 0 Å². The van der Waals surface area contributed by atoms with Gasteiger partial charge in [0.25, 0.3) is 0 Å². The second kappa shape index (κ2) is 3.94. The highest BCUT2D eigenvalue weighted by molar-refractivity contribution is 4.67. The highest BCUT2D eigenvalue weighted by Crippen LogP contribution is 2.18. The Morgan fingerprint density at radius 1 is 1.70 bits per heavy atom. The van der Waals surface area contributed by atoms with E-state index in [0.717, 1.165) is 32.5 Å². The molecule has 0 spiro atoms. The first kappa shape index (κ1) is 8.02. The molecule has 2 atom stereocenters. The molecule has 2 unspecified atom stereocenters. The maximum absolute atomic E-state index is 9.26. The van der Waals surface area contributed by atoms with E-state index in [1.54, 1.807) is 0 Å². The molecule has 0 aromatic carbocycles. The lowest BCUT2D eigenvalue weighted by atomic mass is 10.00. The third-order valence-electron chi connectivity index (χ3n) is 2.10. The SMILES string of the molecule is CCC(O)CC1CCOC1. The zero-order valence-corrected chi connectivity index (χ0v) is 6.55. The van der Waals surface area contributed by atoms with Crippen molar-refractivity contribution in [3.8, 4) is 0 Å². The van der Waals surface area contributed by atoms with Crippen LogP contribution in [0.1, 0.15) is 26.2 Å². The van der Waals surface area contributed by atoms with Crippen LogP contribution in [0.3, 0.4) is 0 Å². The summed E-state index contributed by atoms with van der Waals surface area (Å²) in [4.78, 5) is 0. The van der Waals surface area contributed by atoms with Gasteiger partial charge >= 0.3 is 0 Å². The molecule has 0 aliphatic carbocycles. The van der Waals surface area contributed by atoms with E-state index < -0.39 is 0 Å². The lowest BCUT2D eigenvalue weighted by Gasteiger charge is -2.11. The number of aliphatic hydroxyl groups excluding tert-OH is 1. The normalized spacial score (nSPS) is 28.8. The fraction of sp³-hybridized carbons (Fsp3) is 1.00. The highest BCUT2D eigenvalue weighted by atomic mass is 16.5. The summed E-state index contributed by atoms with van der Waals surface area (Å²) in [6.45, 7) is 3.76. The van der Waals surface area contributed by atoms with Gasteiger partial charge in [0.15, 0.2) is 0 Å². The summed E-state index contributed by atoms with van der Waals surface area (Å²) in [5, 5.41) is 9.26. The monoisotopic (exact) mass is 144 g/mol. The van der Waals surface area contributed by atoms with Crippen LogP contribution in [0.4, 0.5) is 0 Å². The molecular formula is C8H16O2. The van der Waals surface area contributed by atoms with Crippen LogP contribution in [0.25, 0.3) is 0 Å². The van der Waals surface area contributed by atoms with Gasteiger partial charge in [-0.2, -0.15) is 0 Å². The lowest BCUT2D eigenvalue weighted by Crippen LogP contribution is -2.12. The third-order valence-corrected chi connectivity index (χ3v) is 2.10. The molecule has 10 heavy (non-hydrogen) atoms. The van der Waals surface area contributed by atoms with Crippen LogP contribution < -0.4 is 0 Å². The van der Waals surface area contributed by atoms with Crippen LogP contribution in [0.2, 0.25) is 0 Å². The molecule has 0 bridgehead atoms. The van der Waals surface area contributed by atoms with Crippen LogP contribution >= 0.6 is 0 Å². The Bertz CT molecular complexity index is 87.3. The van der Waals surface area contributed by atoms with Crippen LogP contribution in [-0.2, 0) is 4.74 Å². The summed E-state index contributed by atoms with van der Waals surface area (Å²) in [5.41, 5.74) is 0. The molecule has 0 aromatic rings. The highest BCUT2D eigenvalue weighted by Gasteiger charge is 2.17. The maximum Gasteiger partial charge on any atom is 0.0541 e. The topological polar surface area (TPSA) is 29.5 Å². The second-order valence-corrected chi connectivity index (χ2v) is 3.03. The van der Waals surface area contributed by atoms with Gasteiger partial charge in [0.2, 0.25) is 0 Å². The van der Waals surface area contributed by atoms with Crippen molar-refractivity contribution < 1.29 is 9.84 Å². The average molecular weight is 144 g/mol. The minimum absolute atomic E-state index is 0.105. The molecule has 0 aromatic heterocycles. The van der Waals surface area contributed by atoms with Crippen molar-refractivity contribution >= 4 is 0 Å². The average Bonchev–Trinajstić information content (AvgIpc) is 2.40. The zero-order valence-electron chi connectivity index (χ0n) is 6.55. The van der Waals surface area contributed by atoms with E-state index in [-0.39, 0.29) is 6.10 Å². The largest absolute Gasteiger partial charge is 0.393 e. The van der Waals surface area contributed by atoms with Gasteiger partial charge in [0.05, 0.1) is 6.10 Å². The van der Waals surface area contributed by atoms with E-state index >= 15 is 0 Å². The van der Waals surface area contributed by atoms with E-state index in [1.165, 1.54) is 0 Å². The van der Waals surface area contributed by atoms with Crippen LogP contribution in [-0.4, -0.2) is 24.4 Å². The standard InChI is InChI=1S/C8H16O2/c1-2-8(9)5-7-3-4-10-6-7/h7-9H,2-6H2,1H3. The number of aliphatic hydroxyl groups is 1. The second-order valence-electron chi connectivity index (χ2n) is 3.03. The molecule has 0 radical (unpaired) electrons. The van der Waals surface area contributed by atoms with Crippen molar-refractivity contribution in [3.05, 3.63) is 0 Å². The van der Waals surface area contributed by atoms with E-state index in [0.29, 0.717) is 5.92 Å². The number of rotatable bonds is 3. The van der Waals surface area contributed by atoms with Gasteiger partial charge in [-0.25, -0.2) is 0 Å². The molecule has 1 heterocycles. The number of hydrogen-bond donors (Lipinski definition) is 1. The fourth-order valence-corrected chi connectivity index (χ4v) is 1.32. The number of ether oxygens (including phenoxy) is 1. The van der Waals surface area contributed by atoms with Crippen molar-refractivity contribution in [2.75, 3.05) is 13.2 Å². The van der Waals surface area contributed by atoms with Crippen molar-refractivity contribution in [1.29, 1.82) is 0 Å². The molecule has 1 aliphatic rings. The quantitative estimate of drug-likeness (QED) is 0.644. The van der Waals surface area contributed by atoms with E-state index in [4.69, 9.17) is 4.74 Å². The maximum atomic E-state index is 9.26. The number of hydrogen-bond acceptors (Lipinski definition) is 2. The Kier molecular flexibility index (Phi) is 3.16. The molecule has 1 fully saturated rings. The van der Waals surface area contributed by atoms with Gasteiger partial charge < -0.3 is 9.84 Å². The van der Waals surface area contributed by atoms with Gasteiger partial charge in [0, 0.05) is 13.2 Å². The molecule has 1 rings (SSSR count). The summed E-state index contributed by atoms with van der Waals surface area (Å²) < 4.78 is 5.19. The summed E-state index contributed by atoms with van der Waals surface area (Å²) in [6.07, 6.45) is 2.83. The van der Waals surface area contributed by atoms with Gasteiger partial charge in [-0.3, -0.25) is 0 Å². The Morgan fingerprint density at radius 3 is 3.00 bits per heavy atom. The predicted molar refractivity (Wildman–Crippen MR) is 39.8 cm³/mol. The minimum Gasteiger partial charge on any atom is -0.393 e. The Balaban J connectivity index is 2.11. The fourth-order valence-electron chi connectivity index (χ4n) is 1.32. The molecular weight excluding hydrogens is 128 g/mol. The molecule has 2 nitrogen and oxygen atoms in total. The molecule has 0 saturated carbocycles. The van der Waals surface area contributed by atoms with Crippen molar-refractivity contribution in [2.45, 2.75) is 32.3 Å². The summed E-state index contributed by atoms with van der Waals surface area (Å²) in [5.74, 6) is 0.620. The zero-order chi connectivity index (χ0) is 7.40. The first-order valence-corrected chi connectivity index (χ1v) is 4.08. The molecule has 0 amide bonds. The van der Waals surface area contributed by atoms with E-state index in [1.807, 2.05) is 6.92 Å². The van der Waals surface area contributed by atoms with Gasteiger partial charge in [-0.05, 0) is 25.2 Å². The van der Waals surface area contributed by atoms with Gasteiger partial charge in [-0.1, -0.05) is 6.92 Å². The smallest absolute Gasteiger partial charge is 0.0541 e. The van der Waals surface area contributed by atoms with Crippen LogP contribution in [0, 0.1) is 5.92 Å². The Hall–Kier alpha value is -0.0800. The molecule has 1 N–H and O–H groups in total. The Morgan fingerprint density at radius 2 is 2.50 bits per heavy atom. The van der Waals surface area contributed by atoms with E-state index in [2.05, 4.69) is 0 Å². The summed E-state index contributed by atoms with van der Waals surface area (Å²) >= 11 is 0. The first-order valence-electron chi connectivity index (χ1n) is 4.08. The van der Waals surface area contributed by atoms with Gasteiger partial charge in [0.1, 0.15) is 0 Å². The van der Waals surface area contributed by atoms with E-state index in [9.17, 15) is 5.11 Å². The van der Waals surface area contributed by atoms with Crippen LogP contribution in [0.15, 0.2) is 0 Å². The van der Waals surface area contributed by atoms with Crippen molar-refractivity contribution in [2.24, 2.45) is 5.92 Å². The van der Waals surface area contributed by atoms with Crippen molar-refractivity contribution in [3.63, 3.8) is 0 Å². The molecule has 60 valence electrons. The molecule has 1 saturated heterocycles. The predicted octanol–water partition coefficient (Wildman–Crippen LogP) is 1.18. The Labute approximate surface area is 62.2 Å².